The fraction of sp³-hybridized carbons (Fsp3) is 0.370. The molecule has 4 heterocycles. The van der Waals surface area contributed by atoms with Crippen LogP contribution in [-0.4, -0.2) is 79.3 Å². The average Bonchev–Trinajstić information content (AvgIpc) is 3.56. The summed E-state index contributed by atoms with van der Waals surface area (Å²) in [5.74, 6) is -3.91. The van der Waals surface area contributed by atoms with E-state index >= 15 is 0 Å². The number of likely N-dealkylation sites (tertiary alicyclic amines) is 1. The minimum absolute atomic E-state index is 0.0699. The van der Waals surface area contributed by atoms with Gasteiger partial charge in [-0.05, 0) is 37.1 Å². The fourth-order valence-electron chi connectivity index (χ4n) is 4.77. The van der Waals surface area contributed by atoms with E-state index in [1.165, 1.54) is 46.0 Å². The smallest absolute Gasteiger partial charge is 0.387 e. The summed E-state index contributed by atoms with van der Waals surface area (Å²) in [6.45, 7) is -2.22. The molecule has 2 amide bonds. The lowest BCUT2D eigenvalue weighted by Crippen LogP contribution is -2.47. The molecule has 1 aliphatic rings. The molecule has 11 nitrogen and oxygen atoms in total. The normalized spacial score (nSPS) is 14.4. The molecule has 2 N–H and O–H groups in total. The zero-order chi connectivity index (χ0) is 30.7. The van der Waals surface area contributed by atoms with Crippen LogP contribution in [0.3, 0.4) is 0 Å². The first-order valence-corrected chi connectivity index (χ1v) is 13.8. The highest BCUT2D eigenvalue weighted by Gasteiger charge is 2.28. The molecule has 4 aromatic rings. The third-order valence-electron chi connectivity index (χ3n) is 6.81. The number of nitrogens with zero attached hydrogens (tertiary/aromatic N) is 6. The molecule has 16 heteroatoms. The number of hydrogen-bond donors (Lipinski definition) is 3. The van der Waals surface area contributed by atoms with Crippen molar-refractivity contribution in [3.63, 3.8) is 0 Å². The van der Waals surface area contributed by atoms with Crippen molar-refractivity contribution in [1.82, 2.24) is 34.6 Å². The highest BCUT2D eigenvalue weighted by atomic mass is 32.1. The van der Waals surface area contributed by atoms with Crippen LogP contribution >= 0.6 is 12.6 Å². The lowest BCUT2D eigenvalue weighted by Gasteiger charge is -2.33. The number of halogens is 4. The highest BCUT2D eigenvalue weighted by Crippen LogP contribution is 2.37. The molecule has 0 atom stereocenters. The van der Waals surface area contributed by atoms with Gasteiger partial charge in [0, 0.05) is 55.1 Å². The molecular weight excluding hydrogens is 592 g/mol. The summed E-state index contributed by atoms with van der Waals surface area (Å²) in [5, 5.41) is 14.1. The topological polar surface area (TPSA) is 119 Å². The Hall–Kier alpha value is -4.18. The van der Waals surface area contributed by atoms with Gasteiger partial charge in [-0.15, -0.1) is 12.6 Å². The summed E-state index contributed by atoms with van der Waals surface area (Å²) in [7, 11) is 0. The number of hydrogen-bond acceptors (Lipinski definition) is 8. The first-order valence-electron chi connectivity index (χ1n) is 13.3. The van der Waals surface area contributed by atoms with Crippen LogP contribution < -0.4 is 15.4 Å². The Morgan fingerprint density at radius 1 is 1.23 bits per heavy atom. The summed E-state index contributed by atoms with van der Waals surface area (Å²) in [5.41, 5.74) is 0.755. The van der Waals surface area contributed by atoms with E-state index in [1.807, 2.05) is 0 Å². The van der Waals surface area contributed by atoms with E-state index in [9.17, 15) is 27.2 Å². The van der Waals surface area contributed by atoms with Gasteiger partial charge in [0.1, 0.15) is 23.6 Å². The van der Waals surface area contributed by atoms with E-state index < -0.39 is 25.0 Å². The van der Waals surface area contributed by atoms with Gasteiger partial charge in [-0.2, -0.15) is 19.0 Å². The molecule has 0 unspecified atom stereocenters. The van der Waals surface area contributed by atoms with Gasteiger partial charge in [0.15, 0.2) is 5.65 Å². The van der Waals surface area contributed by atoms with Gasteiger partial charge >= 0.3 is 6.61 Å². The lowest BCUT2D eigenvalue weighted by atomic mass is 10.0. The van der Waals surface area contributed by atoms with Gasteiger partial charge in [0.2, 0.25) is 5.91 Å². The monoisotopic (exact) mass is 620 g/mol. The number of nitrogens with one attached hydrogen (secondary N) is 2. The van der Waals surface area contributed by atoms with Crippen molar-refractivity contribution in [1.29, 1.82) is 0 Å². The zero-order valence-corrected chi connectivity index (χ0v) is 23.8. The van der Waals surface area contributed by atoms with Gasteiger partial charge in [-0.1, -0.05) is 0 Å². The molecular formula is C27H28F4N8O3S. The molecule has 0 saturated carbocycles. The Morgan fingerprint density at radius 3 is 2.72 bits per heavy atom. The Balaban J connectivity index is 1.39. The van der Waals surface area contributed by atoms with Crippen LogP contribution in [0.25, 0.3) is 16.9 Å². The van der Waals surface area contributed by atoms with Crippen LogP contribution in [0, 0.1) is 0 Å². The fourth-order valence-corrected chi connectivity index (χ4v) is 4.97. The van der Waals surface area contributed by atoms with E-state index in [0.29, 0.717) is 36.5 Å². The minimum atomic E-state index is -3.13. The predicted octanol–water partition coefficient (Wildman–Crippen LogP) is 3.97. The molecule has 5 rings (SSSR count). The molecule has 228 valence electrons. The van der Waals surface area contributed by atoms with E-state index in [2.05, 4.69) is 38.4 Å². The second-order valence-corrected chi connectivity index (χ2v) is 10.7. The molecule has 0 aliphatic carbocycles. The number of carbonyl (C=O) groups is 2. The van der Waals surface area contributed by atoms with Gasteiger partial charge < -0.3 is 20.3 Å². The van der Waals surface area contributed by atoms with Crippen LogP contribution in [0.1, 0.15) is 30.1 Å². The maximum absolute atomic E-state index is 13.3. The number of thiol groups is 1. The maximum Gasteiger partial charge on any atom is 0.387 e. The summed E-state index contributed by atoms with van der Waals surface area (Å²) in [6.07, 6.45) is 6.89. The molecule has 0 radical (unpaired) electrons. The molecule has 43 heavy (non-hydrogen) atoms. The van der Waals surface area contributed by atoms with Crippen molar-refractivity contribution in [2.75, 3.05) is 25.0 Å². The van der Waals surface area contributed by atoms with Crippen LogP contribution in [-0.2, 0) is 11.3 Å². The number of alkyl halides is 4. The Labute approximate surface area is 248 Å². The van der Waals surface area contributed by atoms with Crippen molar-refractivity contribution < 1.29 is 31.9 Å². The lowest BCUT2D eigenvalue weighted by molar-refractivity contribution is -0.133. The number of piperidine rings is 1. The van der Waals surface area contributed by atoms with E-state index in [4.69, 9.17) is 4.74 Å². The largest absolute Gasteiger partial charge is 0.434 e. The third kappa shape index (κ3) is 7.43. The second kappa shape index (κ2) is 12.6. The number of rotatable bonds is 10. The van der Waals surface area contributed by atoms with Crippen LogP contribution in [0.5, 0.6) is 5.75 Å². The Morgan fingerprint density at radius 2 is 2.00 bits per heavy atom. The number of carbonyl (C=O) groups excluding carboxylic acids is 2. The number of fused-ring (bicyclic) bond motifs is 1. The zero-order valence-electron chi connectivity index (χ0n) is 22.9. The van der Waals surface area contributed by atoms with Gasteiger partial charge in [-0.25, -0.2) is 18.3 Å². The number of aromatic nitrogens is 5. The van der Waals surface area contributed by atoms with Crippen molar-refractivity contribution in [3.8, 4) is 17.0 Å². The van der Waals surface area contributed by atoms with Crippen LogP contribution in [0.4, 0.5) is 23.2 Å². The van der Waals surface area contributed by atoms with Crippen LogP contribution in [0.15, 0.2) is 53.9 Å². The number of benzene rings is 1. The summed E-state index contributed by atoms with van der Waals surface area (Å²) < 4.78 is 60.3. The predicted molar refractivity (Wildman–Crippen MR) is 151 cm³/mol. The summed E-state index contributed by atoms with van der Waals surface area (Å²) in [4.78, 5) is 32.6. The van der Waals surface area contributed by atoms with Gasteiger partial charge in [-0.3, -0.25) is 14.3 Å². The molecule has 1 fully saturated rings. The highest BCUT2D eigenvalue weighted by molar-refractivity contribution is 7.80. The SMILES string of the molecule is CC(F)(F)CNC1CCN(C(=O)Cn2cc(NC(=O)c3cnn4cccnc34)c(-c3cc(S)ccc3OC(F)F)n2)CC1. The van der Waals surface area contributed by atoms with Crippen molar-refractivity contribution in [3.05, 3.63) is 54.6 Å². The maximum atomic E-state index is 13.3. The Bertz CT molecular complexity index is 1620. The minimum Gasteiger partial charge on any atom is -0.434 e. The van der Waals surface area contributed by atoms with E-state index in [1.54, 1.807) is 17.2 Å². The van der Waals surface area contributed by atoms with Gasteiger partial charge in [0.25, 0.3) is 11.8 Å². The molecule has 0 bridgehead atoms. The molecule has 1 saturated heterocycles. The second-order valence-electron chi connectivity index (χ2n) is 10.2. The van der Waals surface area contributed by atoms with Crippen molar-refractivity contribution >= 4 is 35.8 Å². The average molecular weight is 621 g/mol. The molecule has 1 aromatic carbocycles. The first-order chi connectivity index (χ1) is 20.5. The summed E-state index contributed by atoms with van der Waals surface area (Å²) >= 11 is 4.31. The number of anilines is 1. The van der Waals surface area contributed by atoms with Crippen LogP contribution in [0.2, 0.25) is 0 Å². The van der Waals surface area contributed by atoms with Gasteiger partial charge in [0.05, 0.1) is 18.4 Å². The van der Waals surface area contributed by atoms with E-state index in [-0.39, 0.29) is 46.8 Å². The van der Waals surface area contributed by atoms with Crippen molar-refractivity contribution in [2.45, 2.75) is 49.8 Å². The quantitative estimate of drug-likeness (QED) is 0.181. The first kappa shape index (κ1) is 30.3. The molecule has 3 aromatic heterocycles. The molecule has 1 aliphatic heterocycles. The number of ether oxygens (including phenoxy) is 1. The third-order valence-corrected chi connectivity index (χ3v) is 7.09. The van der Waals surface area contributed by atoms with E-state index in [0.717, 1.165) is 6.92 Å². The summed E-state index contributed by atoms with van der Waals surface area (Å²) in [6, 6.07) is 5.75. The number of amides is 2. The van der Waals surface area contributed by atoms with Crippen molar-refractivity contribution in [2.24, 2.45) is 0 Å². The standard InChI is InChI=1S/C27H28F4N8O3S/c1-27(30,31)15-33-16-5-9-37(10-6-16)22(40)14-38-13-20(35-25(41)19-12-34-39-8-2-7-32-24(19)39)23(36-38)18-11-17(43)3-4-21(18)42-26(28)29/h2-4,7-8,11-13,16,26,33,43H,5-6,9-10,14-15H2,1H3,(H,35,41). The molecule has 0 spiro atoms. The Kier molecular flexibility index (Phi) is 8.87.